The first kappa shape index (κ1) is 19.5. The van der Waals surface area contributed by atoms with Crippen LogP contribution < -0.4 is 5.32 Å². The van der Waals surface area contributed by atoms with Crippen LogP contribution in [0.1, 0.15) is 27.4 Å². The Bertz CT molecular complexity index is 1200. The monoisotopic (exact) mass is 412 g/mol. The van der Waals surface area contributed by atoms with Crippen LogP contribution in [0.4, 0.5) is 13.2 Å². The van der Waals surface area contributed by atoms with E-state index < -0.39 is 23.6 Å². The van der Waals surface area contributed by atoms with Crippen LogP contribution in [-0.2, 0) is 12.7 Å². The summed E-state index contributed by atoms with van der Waals surface area (Å²) in [4.78, 5) is 24.4. The summed E-state index contributed by atoms with van der Waals surface area (Å²) >= 11 is 0. The number of pyridine rings is 1. The molecule has 0 radical (unpaired) electrons. The van der Waals surface area contributed by atoms with Crippen LogP contribution >= 0.6 is 0 Å². The number of amides is 1. The lowest BCUT2D eigenvalue weighted by atomic mass is 10.1. The Labute approximate surface area is 168 Å². The van der Waals surface area contributed by atoms with E-state index in [9.17, 15) is 18.0 Å². The molecule has 0 aliphatic heterocycles. The smallest absolute Gasteiger partial charge is 0.345 e. The molecule has 0 unspecified atom stereocenters. The van der Waals surface area contributed by atoms with Crippen molar-refractivity contribution in [1.29, 1.82) is 0 Å². The fourth-order valence-corrected chi connectivity index (χ4v) is 2.80. The fraction of sp³-hybridized carbons (Fsp3) is 0.150. The molecule has 4 rings (SSSR count). The maximum atomic E-state index is 13.6. The molecule has 10 heteroatoms. The number of alkyl halides is 3. The molecular weight excluding hydrogens is 397 g/mol. The molecule has 30 heavy (non-hydrogen) atoms. The van der Waals surface area contributed by atoms with E-state index in [1.165, 1.54) is 0 Å². The average molecular weight is 412 g/mol. The van der Waals surface area contributed by atoms with Gasteiger partial charge in [-0.05, 0) is 24.6 Å². The summed E-state index contributed by atoms with van der Waals surface area (Å²) in [5, 5.41) is 6.30. The first-order valence-electron chi connectivity index (χ1n) is 8.90. The first-order chi connectivity index (χ1) is 14.3. The van der Waals surface area contributed by atoms with Gasteiger partial charge in [-0.1, -0.05) is 35.9 Å². The summed E-state index contributed by atoms with van der Waals surface area (Å²) in [5.74, 6) is -1.43. The third-order valence-electron chi connectivity index (χ3n) is 4.33. The van der Waals surface area contributed by atoms with Crippen LogP contribution in [0.2, 0.25) is 0 Å². The Morgan fingerprint density at radius 2 is 1.90 bits per heavy atom. The highest BCUT2D eigenvalue weighted by molar-refractivity contribution is 5.90. The Kier molecular flexibility index (Phi) is 4.90. The van der Waals surface area contributed by atoms with E-state index in [4.69, 9.17) is 0 Å². The van der Waals surface area contributed by atoms with Gasteiger partial charge in [-0.25, -0.2) is 4.98 Å². The van der Waals surface area contributed by atoms with Gasteiger partial charge in [-0.2, -0.15) is 22.7 Å². The summed E-state index contributed by atoms with van der Waals surface area (Å²) in [5.41, 5.74) is 1.21. The third kappa shape index (κ3) is 3.97. The average Bonchev–Trinajstić information content (AvgIpc) is 3.16. The third-order valence-corrected chi connectivity index (χ3v) is 4.33. The number of aromatic nitrogens is 5. The number of halogens is 3. The van der Waals surface area contributed by atoms with Gasteiger partial charge in [0.25, 0.3) is 11.7 Å². The number of benzene rings is 1. The number of carbonyl (C=O) groups excluding carboxylic acids is 1. The second kappa shape index (κ2) is 7.54. The van der Waals surface area contributed by atoms with Crippen molar-refractivity contribution in [3.05, 3.63) is 77.5 Å². The van der Waals surface area contributed by atoms with Gasteiger partial charge in [-0.15, -0.1) is 5.10 Å². The van der Waals surface area contributed by atoms with E-state index in [2.05, 4.69) is 25.4 Å². The molecule has 0 spiro atoms. The number of hydrogen-bond acceptors (Lipinski definition) is 5. The molecule has 152 valence electrons. The second-order valence-electron chi connectivity index (χ2n) is 6.58. The van der Waals surface area contributed by atoms with Gasteiger partial charge in [0.05, 0.1) is 5.69 Å². The van der Waals surface area contributed by atoms with Crippen LogP contribution in [0, 0.1) is 6.92 Å². The van der Waals surface area contributed by atoms with E-state index in [0.717, 1.165) is 17.2 Å². The zero-order chi connectivity index (χ0) is 21.3. The maximum Gasteiger partial charge on any atom is 0.433 e. The van der Waals surface area contributed by atoms with Crippen molar-refractivity contribution in [2.75, 3.05) is 0 Å². The molecule has 0 saturated heterocycles. The van der Waals surface area contributed by atoms with Gasteiger partial charge in [-0.3, -0.25) is 9.78 Å². The van der Waals surface area contributed by atoms with E-state index in [1.807, 2.05) is 6.92 Å². The molecule has 0 bridgehead atoms. The fourth-order valence-electron chi connectivity index (χ4n) is 2.80. The molecule has 1 N–H and O–H groups in total. The van der Waals surface area contributed by atoms with Crippen LogP contribution in [0.3, 0.4) is 0 Å². The lowest BCUT2D eigenvalue weighted by molar-refractivity contribution is -0.142. The van der Waals surface area contributed by atoms with Crippen LogP contribution in [-0.4, -0.2) is 30.5 Å². The number of nitrogens with one attached hydrogen (secondary N) is 1. The molecule has 3 aromatic heterocycles. The molecule has 0 atom stereocenters. The SMILES string of the molecule is Cc1ccc(-c2cc(C(F)(F)F)n3nc(C(=O)NCc4cccnc4)nc3n2)cc1. The predicted molar refractivity (Wildman–Crippen MR) is 101 cm³/mol. The van der Waals surface area contributed by atoms with Crippen molar-refractivity contribution >= 4 is 11.7 Å². The lowest BCUT2D eigenvalue weighted by Crippen LogP contribution is -2.24. The van der Waals surface area contributed by atoms with Crippen molar-refractivity contribution in [1.82, 2.24) is 29.9 Å². The molecule has 0 fully saturated rings. The van der Waals surface area contributed by atoms with Gasteiger partial charge >= 0.3 is 6.18 Å². The van der Waals surface area contributed by atoms with Gasteiger partial charge in [0.15, 0.2) is 5.69 Å². The Morgan fingerprint density at radius 3 is 2.57 bits per heavy atom. The summed E-state index contributed by atoms with van der Waals surface area (Å²) < 4.78 is 41.4. The number of hydrogen-bond donors (Lipinski definition) is 1. The van der Waals surface area contributed by atoms with Crippen molar-refractivity contribution < 1.29 is 18.0 Å². The molecule has 0 aliphatic carbocycles. The highest BCUT2D eigenvalue weighted by Crippen LogP contribution is 2.31. The second-order valence-corrected chi connectivity index (χ2v) is 6.58. The summed E-state index contributed by atoms with van der Waals surface area (Å²) in [6, 6.07) is 11.2. The number of nitrogens with zero attached hydrogens (tertiary/aromatic N) is 5. The predicted octanol–water partition coefficient (Wildman–Crippen LogP) is 3.44. The standard InChI is InChI=1S/C20H15F3N6O/c1-12-4-6-14(7-5-12)15-9-16(20(21,22)23)29-19(26-15)27-17(28-29)18(30)25-11-13-3-2-8-24-10-13/h2-10H,11H2,1H3,(H,25,30). The van der Waals surface area contributed by atoms with E-state index in [1.54, 1.807) is 48.8 Å². The quantitative estimate of drug-likeness (QED) is 0.555. The molecule has 0 aliphatic rings. The minimum Gasteiger partial charge on any atom is -0.345 e. The van der Waals surface area contributed by atoms with Crippen molar-refractivity contribution in [3.63, 3.8) is 0 Å². The minimum atomic E-state index is -4.71. The highest BCUT2D eigenvalue weighted by atomic mass is 19.4. The van der Waals surface area contributed by atoms with Crippen molar-refractivity contribution in [2.24, 2.45) is 0 Å². The molecule has 1 amide bonds. The number of fused-ring (bicyclic) bond motifs is 1. The Balaban J connectivity index is 1.71. The van der Waals surface area contributed by atoms with Crippen LogP contribution in [0.5, 0.6) is 0 Å². The largest absolute Gasteiger partial charge is 0.433 e. The molecular formula is C20H15F3N6O. The first-order valence-corrected chi connectivity index (χ1v) is 8.90. The van der Waals surface area contributed by atoms with Crippen molar-refractivity contribution in [3.8, 4) is 11.3 Å². The van der Waals surface area contributed by atoms with Gasteiger partial charge in [0, 0.05) is 24.5 Å². The summed E-state index contributed by atoms with van der Waals surface area (Å²) in [7, 11) is 0. The van der Waals surface area contributed by atoms with Gasteiger partial charge in [0.2, 0.25) is 5.82 Å². The van der Waals surface area contributed by atoms with E-state index >= 15 is 0 Å². The lowest BCUT2D eigenvalue weighted by Gasteiger charge is -2.10. The van der Waals surface area contributed by atoms with Crippen molar-refractivity contribution in [2.45, 2.75) is 19.6 Å². The highest BCUT2D eigenvalue weighted by Gasteiger charge is 2.36. The molecule has 1 aromatic carbocycles. The number of rotatable bonds is 4. The number of carbonyl (C=O) groups is 1. The minimum absolute atomic E-state index is 0.0875. The maximum absolute atomic E-state index is 13.6. The zero-order valence-electron chi connectivity index (χ0n) is 15.7. The van der Waals surface area contributed by atoms with E-state index in [-0.39, 0.29) is 18.0 Å². The summed E-state index contributed by atoms with van der Waals surface area (Å²) in [6.07, 6.45) is -1.56. The number of aryl methyl sites for hydroxylation is 1. The van der Waals surface area contributed by atoms with Crippen LogP contribution in [0.25, 0.3) is 17.0 Å². The normalized spacial score (nSPS) is 11.6. The summed E-state index contributed by atoms with van der Waals surface area (Å²) in [6.45, 7) is 2.01. The molecule has 0 saturated carbocycles. The molecule has 7 nitrogen and oxygen atoms in total. The zero-order valence-corrected chi connectivity index (χ0v) is 15.7. The van der Waals surface area contributed by atoms with E-state index in [0.29, 0.717) is 10.1 Å². The Hall–Kier alpha value is -3.82. The molecule has 4 aromatic rings. The van der Waals surface area contributed by atoms with Crippen LogP contribution in [0.15, 0.2) is 54.9 Å². The topological polar surface area (TPSA) is 85.1 Å². The van der Waals surface area contributed by atoms with Gasteiger partial charge < -0.3 is 5.32 Å². The molecule has 3 heterocycles. The van der Waals surface area contributed by atoms with Gasteiger partial charge in [0.1, 0.15) is 0 Å². The Morgan fingerprint density at radius 1 is 1.13 bits per heavy atom.